The van der Waals surface area contributed by atoms with Crippen molar-refractivity contribution >= 4 is 17.9 Å². The molecule has 1 heterocycles. The molecule has 0 aliphatic carbocycles. The fraction of sp³-hybridized carbons (Fsp3) is 0.700. The maximum Gasteiger partial charge on any atom is 0.328 e. The van der Waals surface area contributed by atoms with Crippen LogP contribution in [-0.2, 0) is 9.59 Å². The Morgan fingerprint density at radius 3 is 2.67 bits per heavy atom. The average Bonchev–Trinajstić information content (AvgIpc) is 2.48. The maximum absolute atomic E-state index is 11.7. The largest absolute Gasteiger partial charge is 0.480 e. The Balaban J connectivity index is 2.60. The number of hydrogen-bond acceptors (Lipinski definition) is 4. The van der Waals surface area contributed by atoms with Crippen molar-refractivity contribution in [3.63, 3.8) is 0 Å². The summed E-state index contributed by atoms with van der Waals surface area (Å²) < 4.78 is 0. The summed E-state index contributed by atoms with van der Waals surface area (Å²) in [5, 5.41) is 19.7. The highest BCUT2D eigenvalue weighted by molar-refractivity contribution is 5.87. The molecule has 3 amide bonds. The van der Waals surface area contributed by atoms with Gasteiger partial charge in [-0.15, -0.1) is 0 Å². The standard InChI is InChI=1S/C10H17N3O5/c1-12-3-2-4-13(5-8(12)15)10(18)11-7(6-14)9(16)17/h7,14H,2-6H2,1H3,(H,11,18)(H,16,17)/t7-/m1/s1. The second kappa shape index (κ2) is 6.20. The van der Waals surface area contributed by atoms with Gasteiger partial charge in [-0.2, -0.15) is 0 Å². The summed E-state index contributed by atoms with van der Waals surface area (Å²) in [5.41, 5.74) is 0. The van der Waals surface area contributed by atoms with Gasteiger partial charge in [-0.1, -0.05) is 0 Å². The minimum absolute atomic E-state index is 0.0832. The van der Waals surface area contributed by atoms with Crippen LogP contribution in [0.2, 0.25) is 0 Å². The molecule has 3 N–H and O–H groups in total. The van der Waals surface area contributed by atoms with Gasteiger partial charge in [0.15, 0.2) is 6.04 Å². The maximum atomic E-state index is 11.7. The molecule has 0 radical (unpaired) electrons. The van der Waals surface area contributed by atoms with Gasteiger partial charge in [0.25, 0.3) is 0 Å². The number of amides is 3. The van der Waals surface area contributed by atoms with Crippen molar-refractivity contribution in [2.75, 3.05) is 33.3 Å². The van der Waals surface area contributed by atoms with Gasteiger partial charge in [0.2, 0.25) is 5.91 Å². The summed E-state index contributed by atoms with van der Waals surface area (Å²) in [6.07, 6.45) is 0.631. The number of likely N-dealkylation sites (N-methyl/N-ethyl adjacent to an activating group) is 1. The first-order valence-corrected chi connectivity index (χ1v) is 5.58. The molecule has 0 aromatic heterocycles. The van der Waals surface area contributed by atoms with Crippen LogP contribution in [0.3, 0.4) is 0 Å². The number of urea groups is 1. The minimum Gasteiger partial charge on any atom is -0.480 e. The third-order valence-corrected chi connectivity index (χ3v) is 2.74. The zero-order valence-corrected chi connectivity index (χ0v) is 10.1. The molecule has 1 aliphatic rings. The van der Waals surface area contributed by atoms with E-state index in [1.54, 1.807) is 7.05 Å². The lowest BCUT2D eigenvalue weighted by atomic mass is 10.3. The predicted molar refractivity (Wildman–Crippen MR) is 60.9 cm³/mol. The summed E-state index contributed by atoms with van der Waals surface area (Å²) in [5.74, 6) is -1.51. The Bertz CT molecular complexity index is 346. The van der Waals surface area contributed by atoms with E-state index < -0.39 is 24.6 Å². The van der Waals surface area contributed by atoms with E-state index in [-0.39, 0.29) is 12.5 Å². The van der Waals surface area contributed by atoms with Crippen LogP contribution in [0.25, 0.3) is 0 Å². The highest BCUT2D eigenvalue weighted by Crippen LogP contribution is 2.03. The van der Waals surface area contributed by atoms with Gasteiger partial charge in [-0.25, -0.2) is 9.59 Å². The number of aliphatic hydroxyl groups excluding tert-OH is 1. The molecule has 0 bridgehead atoms. The van der Waals surface area contributed by atoms with Crippen LogP contribution in [0.5, 0.6) is 0 Å². The molecule has 102 valence electrons. The molecule has 0 aromatic rings. The quantitative estimate of drug-likeness (QED) is 0.560. The lowest BCUT2D eigenvalue weighted by Gasteiger charge is -2.22. The van der Waals surface area contributed by atoms with E-state index >= 15 is 0 Å². The number of nitrogens with one attached hydrogen (secondary N) is 1. The number of hydrogen-bond donors (Lipinski definition) is 3. The van der Waals surface area contributed by atoms with Crippen LogP contribution in [0.1, 0.15) is 6.42 Å². The van der Waals surface area contributed by atoms with Gasteiger partial charge in [0, 0.05) is 20.1 Å². The summed E-state index contributed by atoms with van der Waals surface area (Å²) in [6.45, 7) is 0.160. The summed E-state index contributed by atoms with van der Waals surface area (Å²) in [6, 6.07) is -2.01. The van der Waals surface area contributed by atoms with Gasteiger partial charge in [0.1, 0.15) is 6.54 Å². The van der Waals surface area contributed by atoms with Gasteiger partial charge in [-0.05, 0) is 6.42 Å². The summed E-state index contributed by atoms with van der Waals surface area (Å²) >= 11 is 0. The van der Waals surface area contributed by atoms with Gasteiger partial charge in [-0.3, -0.25) is 4.79 Å². The van der Waals surface area contributed by atoms with Crippen LogP contribution in [0.15, 0.2) is 0 Å². The molecule has 0 aromatic carbocycles. The molecule has 0 spiro atoms. The molecule has 1 saturated heterocycles. The zero-order chi connectivity index (χ0) is 13.7. The fourth-order valence-electron chi connectivity index (χ4n) is 1.59. The Kier molecular flexibility index (Phi) is 4.90. The Morgan fingerprint density at radius 2 is 2.11 bits per heavy atom. The fourth-order valence-corrected chi connectivity index (χ4v) is 1.59. The van der Waals surface area contributed by atoms with E-state index in [2.05, 4.69) is 5.32 Å². The molecule has 0 saturated carbocycles. The van der Waals surface area contributed by atoms with Crippen LogP contribution in [0, 0.1) is 0 Å². The number of nitrogens with zero attached hydrogens (tertiary/aromatic N) is 2. The molecule has 1 atom stereocenters. The minimum atomic E-state index is -1.35. The molecular formula is C10H17N3O5. The second-order valence-electron chi connectivity index (χ2n) is 4.11. The lowest BCUT2D eigenvalue weighted by molar-refractivity contribution is -0.140. The molecule has 18 heavy (non-hydrogen) atoms. The van der Waals surface area contributed by atoms with Crippen LogP contribution in [0.4, 0.5) is 4.79 Å². The van der Waals surface area contributed by atoms with Crippen LogP contribution >= 0.6 is 0 Å². The van der Waals surface area contributed by atoms with Crippen molar-refractivity contribution in [1.82, 2.24) is 15.1 Å². The van der Waals surface area contributed by atoms with Crippen LogP contribution < -0.4 is 5.32 Å². The highest BCUT2D eigenvalue weighted by Gasteiger charge is 2.26. The first kappa shape index (κ1) is 14.2. The van der Waals surface area contributed by atoms with Crippen molar-refractivity contribution in [2.45, 2.75) is 12.5 Å². The molecular weight excluding hydrogens is 242 g/mol. The molecule has 1 fully saturated rings. The van der Waals surface area contributed by atoms with E-state index in [4.69, 9.17) is 10.2 Å². The molecule has 1 rings (SSSR count). The Labute approximate surface area is 104 Å². The van der Waals surface area contributed by atoms with Crippen molar-refractivity contribution in [1.29, 1.82) is 0 Å². The third-order valence-electron chi connectivity index (χ3n) is 2.74. The molecule has 0 unspecified atom stereocenters. The zero-order valence-electron chi connectivity index (χ0n) is 10.1. The highest BCUT2D eigenvalue weighted by atomic mass is 16.4. The number of carbonyl (C=O) groups is 3. The number of carbonyl (C=O) groups excluding carboxylic acids is 2. The van der Waals surface area contributed by atoms with E-state index in [1.165, 1.54) is 9.80 Å². The van der Waals surface area contributed by atoms with E-state index in [1.807, 2.05) is 0 Å². The van der Waals surface area contributed by atoms with E-state index in [0.717, 1.165) is 0 Å². The summed E-state index contributed by atoms with van der Waals surface area (Å²) in [4.78, 5) is 36.7. The monoisotopic (exact) mass is 259 g/mol. The number of carboxylic acids is 1. The molecule has 8 heteroatoms. The van der Waals surface area contributed by atoms with Gasteiger partial charge in [0.05, 0.1) is 6.61 Å². The third kappa shape index (κ3) is 3.59. The summed E-state index contributed by atoms with van der Waals surface area (Å²) in [7, 11) is 1.65. The Hall–Kier alpha value is -1.83. The second-order valence-corrected chi connectivity index (χ2v) is 4.11. The van der Waals surface area contributed by atoms with Crippen LogP contribution in [-0.4, -0.2) is 77.3 Å². The van der Waals surface area contributed by atoms with E-state index in [9.17, 15) is 14.4 Å². The van der Waals surface area contributed by atoms with E-state index in [0.29, 0.717) is 19.5 Å². The van der Waals surface area contributed by atoms with Gasteiger partial charge < -0.3 is 25.3 Å². The smallest absolute Gasteiger partial charge is 0.328 e. The first-order chi connectivity index (χ1) is 8.45. The number of aliphatic carboxylic acids is 1. The van der Waals surface area contributed by atoms with Crippen molar-refractivity contribution in [3.8, 4) is 0 Å². The number of rotatable bonds is 3. The number of aliphatic hydroxyl groups is 1. The van der Waals surface area contributed by atoms with Crippen molar-refractivity contribution < 1.29 is 24.6 Å². The topological polar surface area (TPSA) is 110 Å². The molecule has 8 nitrogen and oxygen atoms in total. The number of carboxylic acid groups (broad SMARTS) is 1. The predicted octanol–water partition coefficient (Wildman–Crippen LogP) is -1.69. The normalized spacial score (nSPS) is 18.2. The SMILES string of the molecule is CN1CCCN(C(=O)N[C@H](CO)C(=O)O)CC1=O. The van der Waals surface area contributed by atoms with Gasteiger partial charge >= 0.3 is 12.0 Å². The Morgan fingerprint density at radius 1 is 1.44 bits per heavy atom. The lowest BCUT2D eigenvalue weighted by Crippen LogP contribution is -2.51. The van der Waals surface area contributed by atoms with Crippen molar-refractivity contribution in [2.24, 2.45) is 0 Å². The van der Waals surface area contributed by atoms with Crippen molar-refractivity contribution in [3.05, 3.63) is 0 Å². The first-order valence-electron chi connectivity index (χ1n) is 5.58. The average molecular weight is 259 g/mol. The molecule has 1 aliphatic heterocycles.